The summed E-state index contributed by atoms with van der Waals surface area (Å²) in [5.74, 6) is -1.62. The number of hydrogen-bond donors (Lipinski definition) is 1. The summed E-state index contributed by atoms with van der Waals surface area (Å²) in [6.45, 7) is 9.09. The molecule has 0 saturated heterocycles. The molecule has 0 atom stereocenters. The molecule has 9 nitrogen and oxygen atoms in total. The first-order valence-electron chi connectivity index (χ1n) is 10.2. The van der Waals surface area contributed by atoms with Gasteiger partial charge in [-0.05, 0) is 37.7 Å². The summed E-state index contributed by atoms with van der Waals surface area (Å²) in [6.07, 6.45) is 1.72. The predicted octanol–water partition coefficient (Wildman–Crippen LogP) is 2.62. The highest BCUT2D eigenvalue weighted by Gasteiger charge is 2.18. The molecule has 0 aliphatic rings. The molecule has 31 heavy (non-hydrogen) atoms. The van der Waals surface area contributed by atoms with E-state index in [1.165, 1.54) is 20.3 Å². The molecular formula is C22H32N2O7. The molecule has 0 spiro atoms. The smallest absolute Gasteiger partial charge is 0.354 e. The van der Waals surface area contributed by atoms with E-state index in [1.54, 1.807) is 12.1 Å². The maximum absolute atomic E-state index is 12.5. The minimum atomic E-state index is -0.779. The Bertz CT molecular complexity index is 773. The van der Waals surface area contributed by atoms with Gasteiger partial charge < -0.3 is 29.2 Å². The number of hydrogen-bond acceptors (Lipinski definition) is 9. The molecule has 0 aromatic heterocycles. The second kappa shape index (κ2) is 14.0. The molecule has 0 fully saturated rings. The molecule has 172 valence electrons. The van der Waals surface area contributed by atoms with Gasteiger partial charge in [0, 0.05) is 6.54 Å². The third-order valence-corrected chi connectivity index (χ3v) is 4.35. The van der Waals surface area contributed by atoms with Crippen molar-refractivity contribution in [1.82, 2.24) is 4.90 Å². The molecule has 1 aromatic carbocycles. The monoisotopic (exact) mass is 436 g/mol. The van der Waals surface area contributed by atoms with Crippen molar-refractivity contribution in [1.29, 1.82) is 0 Å². The molecule has 0 radical (unpaired) electrons. The molecule has 0 unspecified atom stereocenters. The zero-order valence-corrected chi connectivity index (χ0v) is 18.9. The van der Waals surface area contributed by atoms with Crippen molar-refractivity contribution < 1.29 is 33.3 Å². The standard InChI is InChI=1S/C22H32N2O7/c1-6-12-30-19-10-9-16(21(26)31-13-11-24(7-2)8-3)14-17(19)23-18(22(27)29-5)15-20(25)28-4/h9-10,14-15,23H,6-8,11-13H2,1-5H3/b18-15+. The van der Waals surface area contributed by atoms with Crippen LogP contribution in [0.1, 0.15) is 37.6 Å². The van der Waals surface area contributed by atoms with Crippen molar-refractivity contribution in [2.45, 2.75) is 27.2 Å². The summed E-state index contributed by atoms with van der Waals surface area (Å²) < 4.78 is 20.3. The molecule has 0 aliphatic carbocycles. The number of ether oxygens (including phenoxy) is 4. The number of methoxy groups -OCH3 is 2. The van der Waals surface area contributed by atoms with E-state index in [0.717, 1.165) is 25.6 Å². The molecule has 1 aromatic rings. The number of likely N-dealkylation sites (N-methyl/N-ethyl adjacent to an activating group) is 1. The Hall–Kier alpha value is -3.07. The summed E-state index contributed by atoms with van der Waals surface area (Å²) in [7, 11) is 2.38. The van der Waals surface area contributed by atoms with E-state index >= 15 is 0 Å². The van der Waals surface area contributed by atoms with E-state index in [2.05, 4.69) is 15.0 Å². The van der Waals surface area contributed by atoms with Crippen LogP contribution < -0.4 is 10.1 Å². The zero-order valence-electron chi connectivity index (χ0n) is 18.9. The van der Waals surface area contributed by atoms with Gasteiger partial charge in [0.1, 0.15) is 18.1 Å². The number of esters is 3. The second-order valence-corrected chi connectivity index (χ2v) is 6.42. The number of benzene rings is 1. The van der Waals surface area contributed by atoms with Gasteiger partial charge >= 0.3 is 17.9 Å². The molecule has 0 heterocycles. The average Bonchev–Trinajstić information content (AvgIpc) is 2.79. The summed E-state index contributed by atoms with van der Waals surface area (Å²) in [6, 6.07) is 4.68. The number of anilines is 1. The minimum absolute atomic E-state index is 0.164. The van der Waals surface area contributed by atoms with Crippen molar-refractivity contribution in [3.05, 3.63) is 35.5 Å². The molecule has 0 saturated carbocycles. The Morgan fingerprint density at radius 1 is 1.03 bits per heavy atom. The maximum atomic E-state index is 12.5. The van der Waals surface area contributed by atoms with Crippen molar-refractivity contribution in [3.8, 4) is 5.75 Å². The van der Waals surface area contributed by atoms with E-state index < -0.39 is 17.9 Å². The average molecular weight is 437 g/mol. The molecule has 1 rings (SSSR count). The maximum Gasteiger partial charge on any atom is 0.354 e. The van der Waals surface area contributed by atoms with Gasteiger partial charge in [-0.2, -0.15) is 0 Å². The van der Waals surface area contributed by atoms with Crippen LogP contribution in [0.5, 0.6) is 5.75 Å². The fourth-order valence-electron chi connectivity index (χ4n) is 2.56. The molecular weight excluding hydrogens is 404 g/mol. The third-order valence-electron chi connectivity index (χ3n) is 4.35. The van der Waals surface area contributed by atoms with Gasteiger partial charge in [-0.25, -0.2) is 14.4 Å². The first kappa shape index (κ1) is 26.0. The van der Waals surface area contributed by atoms with Crippen molar-refractivity contribution in [2.24, 2.45) is 0 Å². The fourth-order valence-corrected chi connectivity index (χ4v) is 2.56. The van der Waals surface area contributed by atoms with Crippen LogP contribution in [0.4, 0.5) is 5.69 Å². The van der Waals surface area contributed by atoms with E-state index in [9.17, 15) is 14.4 Å². The lowest BCUT2D eigenvalue weighted by molar-refractivity contribution is -0.138. The lowest BCUT2D eigenvalue weighted by Crippen LogP contribution is -2.27. The number of carbonyl (C=O) groups excluding carboxylic acids is 3. The highest BCUT2D eigenvalue weighted by Crippen LogP contribution is 2.28. The van der Waals surface area contributed by atoms with Gasteiger partial charge in [-0.15, -0.1) is 0 Å². The summed E-state index contributed by atoms with van der Waals surface area (Å²) in [5, 5.41) is 2.81. The number of carbonyl (C=O) groups is 3. The first-order valence-corrected chi connectivity index (χ1v) is 10.2. The molecule has 9 heteroatoms. The second-order valence-electron chi connectivity index (χ2n) is 6.42. The van der Waals surface area contributed by atoms with Crippen LogP contribution in [-0.2, 0) is 23.8 Å². The van der Waals surface area contributed by atoms with Crippen LogP contribution in [0.15, 0.2) is 30.0 Å². The molecule has 0 bridgehead atoms. The summed E-state index contributed by atoms with van der Waals surface area (Å²) in [5.41, 5.74) is 0.420. The van der Waals surface area contributed by atoms with E-state index in [1.807, 2.05) is 20.8 Å². The van der Waals surface area contributed by atoms with Crippen molar-refractivity contribution in [3.63, 3.8) is 0 Å². The van der Waals surface area contributed by atoms with Crippen molar-refractivity contribution in [2.75, 3.05) is 52.4 Å². The Morgan fingerprint density at radius 2 is 1.74 bits per heavy atom. The highest BCUT2D eigenvalue weighted by atomic mass is 16.5. The molecule has 0 amide bonds. The van der Waals surface area contributed by atoms with Crippen LogP contribution >= 0.6 is 0 Å². The van der Waals surface area contributed by atoms with Gasteiger partial charge in [0.2, 0.25) is 0 Å². The number of rotatable bonds is 13. The van der Waals surface area contributed by atoms with Crippen LogP contribution in [0.25, 0.3) is 0 Å². The van der Waals surface area contributed by atoms with Gasteiger partial charge in [0.15, 0.2) is 0 Å². The first-order chi connectivity index (χ1) is 14.9. The van der Waals surface area contributed by atoms with Crippen LogP contribution in [0, 0.1) is 0 Å². The molecule has 0 aliphatic heterocycles. The quantitative estimate of drug-likeness (QED) is 0.284. The van der Waals surface area contributed by atoms with Crippen LogP contribution in [-0.4, -0.2) is 69.9 Å². The van der Waals surface area contributed by atoms with E-state index in [0.29, 0.717) is 24.6 Å². The Morgan fingerprint density at radius 3 is 2.32 bits per heavy atom. The summed E-state index contributed by atoms with van der Waals surface area (Å²) in [4.78, 5) is 38.3. The Labute approximate surface area is 183 Å². The fraction of sp³-hybridized carbons (Fsp3) is 0.500. The van der Waals surface area contributed by atoms with E-state index in [-0.39, 0.29) is 17.9 Å². The normalized spacial score (nSPS) is 11.1. The van der Waals surface area contributed by atoms with Gasteiger partial charge in [-0.1, -0.05) is 20.8 Å². The highest BCUT2D eigenvalue weighted by molar-refractivity contribution is 5.99. The lowest BCUT2D eigenvalue weighted by atomic mass is 10.1. The third kappa shape index (κ3) is 8.67. The van der Waals surface area contributed by atoms with Gasteiger partial charge in [0.25, 0.3) is 0 Å². The predicted molar refractivity (Wildman–Crippen MR) is 116 cm³/mol. The summed E-state index contributed by atoms with van der Waals surface area (Å²) >= 11 is 0. The van der Waals surface area contributed by atoms with Crippen LogP contribution in [0.2, 0.25) is 0 Å². The molecule has 1 N–H and O–H groups in total. The minimum Gasteiger partial charge on any atom is -0.491 e. The van der Waals surface area contributed by atoms with E-state index in [4.69, 9.17) is 14.2 Å². The zero-order chi connectivity index (χ0) is 23.2. The SMILES string of the molecule is CCCOc1ccc(C(=O)OCCN(CC)CC)cc1N/C(=C/C(=O)OC)C(=O)OC. The van der Waals surface area contributed by atoms with Gasteiger partial charge in [0.05, 0.1) is 38.2 Å². The lowest BCUT2D eigenvalue weighted by Gasteiger charge is -2.18. The van der Waals surface area contributed by atoms with Crippen LogP contribution in [0.3, 0.4) is 0 Å². The Balaban J connectivity index is 3.11. The Kier molecular flexibility index (Phi) is 11.7. The topological polar surface area (TPSA) is 103 Å². The van der Waals surface area contributed by atoms with Crippen molar-refractivity contribution >= 4 is 23.6 Å². The largest absolute Gasteiger partial charge is 0.491 e. The van der Waals surface area contributed by atoms with Gasteiger partial charge in [-0.3, -0.25) is 0 Å². The number of nitrogens with one attached hydrogen (secondary N) is 1. The number of nitrogens with zero attached hydrogens (tertiary/aromatic N) is 1.